The van der Waals surface area contributed by atoms with E-state index in [0.29, 0.717) is 5.01 Å². The predicted molar refractivity (Wildman–Crippen MR) is 60.1 cm³/mol. The van der Waals surface area contributed by atoms with Gasteiger partial charge in [-0.25, -0.2) is 4.98 Å². The third-order valence-corrected chi connectivity index (χ3v) is 3.10. The number of hydrogen-bond donors (Lipinski definition) is 0. The number of Topliss-reactive ketones (excluding diaryl/α,β-unsaturated/α-hetero) is 1. The van der Waals surface area contributed by atoms with Crippen LogP contribution in [-0.4, -0.2) is 15.8 Å². The van der Waals surface area contributed by atoms with Crippen molar-refractivity contribution >= 4 is 17.1 Å². The van der Waals surface area contributed by atoms with Gasteiger partial charge in [-0.2, -0.15) is 0 Å². The average molecular weight is 218 g/mol. The number of aromatic nitrogens is 2. The summed E-state index contributed by atoms with van der Waals surface area (Å²) in [6.07, 6.45) is 3.48. The van der Waals surface area contributed by atoms with Gasteiger partial charge in [0.15, 0.2) is 10.8 Å². The molecule has 0 amide bonds. The Morgan fingerprint density at radius 1 is 1.47 bits per heavy atom. The molecule has 0 bridgehead atoms. The van der Waals surface area contributed by atoms with Gasteiger partial charge in [-0.15, -0.1) is 11.3 Å². The maximum atomic E-state index is 11.2. The van der Waals surface area contributed by atoms with Crippen molar-refractivity contribution in [3.8, 4) is 11.3 Å². The summed E-state index contributed by atoms with van der Waals surface area (Å²) in [5, 5.41) is 0.561. The summed E-state index contributed by atoms with van der Waals surface area (Å²) in [5.74, 6) is 0.0123. The number of hydrogen-bond acceptors (Lipinski definition) is 4. The molecule has 76 valence electrons. The molecule has 0 saturated heterocycles. The van der Waals surface area contributed by atoms with E-state index in [2.05, 4.69) is 9.97 Å². The molecule has 0 aliphatic rings. The lowest BCUT2D eigenvalue weighted by Gasteiger charge is -1.95. The zero-order valence-corrected chi connectivity index (χ0v) is 9.34. The summed E-state index contributed by atoms with van der Waals surface area (Å²) in [5.41, 5.74) is 1.82. The average Bonchev–Trinajstić information content (AvgIpc) is 2.62. The Morgan fingerprint density at radius 3 is 2.80 bits per heavy atom. The molecule has 0 aliphatic carbocycles. The lowest BCUT2D eigenvalue weighted by atomic mass is 10.2. The fourth-order valence-electron chi connectivity index (χ4n) is 1.32. The van der Waals surface area contributed by atoms with Gasteiger partial charge < -0.3 is 0 Å². The van der Waals surface area contributed by atoms with Crippen molar-refractivity contribution in [3.63, 3.8) is 0 Å². The van der Waals surface area contributed by atoms with Crippen LogP contribution in [0, 0.1) is 6.92 Å². The van der Waals surface area contributed by atoms with Gasteiger partial charge in [-0.05, 0) is 19.1 Å². The highest BCUT2D eigenvalue weighted by Gasteiger charge is 2.12. The summed E-state index contributed by atoms with van der Waals surface area (Å²) in [4.78, 5) is 20.6. The monoisotopic (exact) mass is 218 g/mol. The van der Waals surface area contributed by atoms with Crippen LogP contribution in [0.15, 0.2) is 24.5 Å². The van der Waals surface area contributed by atoms with Crippen molar-refractivity contribution in [2.75, 3.05) is 0 Å². The second-order valence-electron chi connectivity index (χ2n) is 3.22. The molecule has 0 aliphatic heterocycles. The highest BCUT2D eigenvalue weighted by molar-refractivity contribution is 7.14. The molecule has 0 unspecified atom stereocenters. The highest BCUT2D eigenvalue weighted by atomic mass is 32.1. The summed E-state index contributed by atoms with van der Waals surface area (Å²) in [6.45, 7) is 3.50. The first-order valence-corrected chi connectivity index (χ1v) is 5.39. The van der Waals surface area contributed by atoms with Crippen LogP contribution in [0.1, 0.15) is 21.6 Å². The van der Waals surface area contributed by atoms with Gasteiger partial charge in [0, 0.05) is 29.8 Å². The smallest absolute Gasteiger partial charge is 0.188 e. The summed E-state index contributed by atoms with van der Waals surface area (Å²) >= 11 is 1.43. The number of thiazole rings is 1. The first kappa shape index (κ1) is 9.98. The van der Waals surface area contributed by atoms with Crippen LogP contribution in [0.25, 0.3) is 11.3 Å². The van der Waals surface area contributed by atoms with E-state index in [1.54, 1.807) is 12.4 Å². The van der Waals surface area contributed by atoms with E-state index in [0.717, 1.165) is 16.1 Å². The number of ketones is 1. The van der Waals surface area contributed by atoms with Crippen molar-refractivity contribution < 1.29 is 4.79 Å². The van der Waals surface area contributed by atoms with Gasteiger partial charge in [0.2, 0.25) is 0 Å². The van der Waals surface area contributed by atoms with E-state index in [9.17, 15) is 4.79 Å². The Hall–Kier alpha value is -1.55. The number of nitrogens with zero attached hydrogens (tertiary/aromatic N) is 2. The van der Waals surface area contributed by atoms with E-state index < -0.39 is 0 Å². The van der Waals surface area contributed by atoms with Crippen molar-refractivity contribution in [2.45, 2.75) is 13.8 Å². The van der Waals surface area contributed by atoms with Crippen molar-refractivity contribution in [1.82, 2.24) is 9.97 Å². The van der Waals surface area contributed by atoms with E-state index in [1.807, 2.05) is 19.1 Å². The minimum Gasteiger partial charge on any atom is -0.292 e. The van der Waals surface area contributed by atoms with Crippen LogP contribution >= 0.6 is 11.3 Å². The molecule has 0 fully saturated rings. The van der Waals surface area contributed by atoms with Gasteiger partial charge in [0.25, 0.3) is 0 Å². The largest absolute Gasteiger partial charge is 0.292 e. The second kappa shape index (κ2) is 3.90. The molecule has 0 spiro atoms. The van der Waals surface area contributed by atoms with Gasteiger partial charge in [0.05, 0.1) is 5.69 Å². The Bertz CT molecular complexity index is 491. The van der Waals surface area contributed by atoms with E-state index in [4.69, 9.17) is 0 Å². The third-order valence-electron chi connectivity index (χ3n) is 2.03. The third kappa shape index (κ3) is 1.94. The van der Waals surface area contributed by atoms with Gasteiger partial charge in [0.1, 0.15) is 0 Å². The Balaban J connectivity index is 2.50. The normalized spacial score (nSPS) is 10.3. The Labute approximate surface area is 91.8 Å². The fraction of sp³-hybridized carbons (Fsp3) is 0.182. The number of carbonyl (C=O) groups excluding carboxylic acids is 1. The van der Waals surface area contributed by atoms with Crippen LogP contribution < -0.4 is 0 Å². The number of rotatable bonds is 2. The topological polar surface area (TPSA) is 42.9 Å². The lowest BCUT2D eigenvalue weighted by molar-refractivity contribution is 0.101. The van der Waals surface area contributed by atoms with E-state index >= 15 is 0 Å². The van der Waals surface area contributed by atoms with E-state index in [1.165, 1.54) is 18.3 Å². The molecule has 15 heavy (non-hydrogen) atoms. The number of carbonyl (C=O) groups is 1. The molecule has 2 aromatic heterocycles. The Morgan fingerprint density at radius 2 is 2.27 bits per heavy atom. The van der Waals surface area contributed by atoms with E-state index in [-0.39, 0.29) is 5.78 Å². The van der Waals surface area contributed by atoms with Crippen molar-refractivity contribution in [2.24, 2.45) is 0 Å². The maximum Gasteiger partial charge on any atom is 0.188 e. The molecule has 2 heterocycles. The molecule has 2 aromatic rings. The zero-order chi connectivity index (χ0) is 10.8. The molecular formula is C11H10N2OS. The van der Waals surface area contributed by atoms with Crippen molar-refractivity contribution in [3.05, 3.63) is 34.4 Å². The van der Waals surface area contributed by atoms with Crippen LogP contribution in [0.2, 0.25) is 0 Å². The van der Waals surface area contributed by atoms with Crippen LogP contribution in [0.3, 0.4) is 0 Å². The van der Waals surface area contributed by atoms with Crippen LogP contribution in [0.5, 0.6) is 0 Å². The minimum atomic E-state index is 0.0123. The molecule has 2 rings (SSSR count). The second-order valence-corrected chi connectivity index (χ2v) is 4.42. The molecule has 0 N–H and O–H groups in total. The lowest BCUT2D eigenvalue weighted by Crippen LogP contribution is -1.90. The standard InChI is InChI=1S/C11H10N2OS/c1-7(14)11-13-10(8(2)15-11)9-4-3-5-12-6-9/h3-6H,1-2H3. The SMILES string of the molecule is CC(=O)c1nc(-c2cccnc2)c(C)s1. The van der Waals surface area contributed by atoms with Crippen LogP contribution in [-0.2, 0) is 0 Å². The molecule has 4 heteroatoms. The molecule has 3 nitrogen and oxygen atoms in total. The first-order chi connectivity index (χ1) is 7.18. The summed E-state index contributed by atoms with van der Waals surface area (Å²) in [6, 6.07) is 3.81. The number of aryl methyl sites for hydroxylation is 1. The maximum absolute atomic E-state index is 11.2. The van der Waals surface area contributed by atoms with Crippen molar-refractivity contribution in [1.29, 1.82) is 0 Å². The molecule has 0 atom stereocenters. The predicted octanol–water partition coefficient (Wildman–Crippen LogP) is 2.72. The molecule has 0 saturated carbocycles. The Kier molecular flexibility index (Phi) is 2.60. The first-order valence-electron chi connectivity index (χ1n) is 4.57. The number of pyridine rings is 1. The fourth-order valence-corrected chi connectivity index (χ4v) is 2.15. The highest BCUT2D eigenvalue weighted by Crippen LogP contribution is 2.26. The zero-order valence-electron chi connectivity index (χ0n) is 8.52. The van der Waals surface area contributed by atoms with Crippen LogP contribution in [0.4, 0.5) is 0 Å². The van der Waals surface area contributed by atoms with Gasteiger partial charge in [-0.3, -0.25) is 9.78 Å². The summed E-state index contributed by atoms with van der Waals surface area (Å²) in [7, 11) is 0. The quantitative estimate of drug-likeness (QED) is 0.728. The molecule has 0 aromatic carbocycles. The summed E-state index contributed by atoms with van der Waals surface area (Å²) < 4.78 is 0. The minimum absolute atomic E-state index is 0.0123. The van der Waals surface area contributed by atoms with Gasteiger partial charge in [-0.1, -0.05) is 0 Å². The molecular weight excluding hydrogens is 208 g/mol. The van der Waals surface area contributed by atoms with Gasteiger partial charge >= 0.3 is 0 Å². The molecule has 0 radical (unpaired) electrons.